The lowest BCUT2D eigenvalue weighted by Gasteiger charge is -2.22. The van der Waals surface area contributed by atoms with Gasteiger partial charge >= 0.3 is 5.97 Å². The van der Waals surface area contributed by atoms with E-state index in [1.165, 1.54) is 44.1 Å². The molecule has 0 aliphatic heterocycles. The standard InChI is InChI=1S/C16H17NO3/c18-16(19)15-14(17-10-20-15)13-8-6-12(7-9-13)11-4-2-1-3-5-11/h6-11H,1-5H2,(H,18,19). The van der Waals surface area contributed by atoms with Gasteiger partial charge in [0, 0.05) is 5.56 Å². The van der Waals surface area contributed by atoms with E-state index in [0.29, 0.717) is 11.6 Å². The Hall–Kier alpha value is -2.10. The van der Waals surface area contributed by atoms with Crippen molar-refractivity contribution in [2.75, 3.05) is 0 Å². The summed E-state index contributed by atoms with van der Waals surface area (Å²) in [5.74, 6) is -0.543. The van der Waals surface area contributed by atoms with Crippen LogP contribution in [0.25, 0.3) is 11.3 Å². The van der Waals surface area contributed by atoms with Gasteiger partial charge in [-0.05, 0) is 24.3 Å². The minimum Gasteiger partial charge on any atom is -0.475 e. The molecule has 2 aromatic rings. The predicted octanol–water partition coefficient (Wildman–Crippen LogP) is 4.09. The summed E-state index contributed by atoms with van der Waals surface area (Å²) in [6.45, 7) is 0. The Kier molecular flexibility index (Phi) is 3.54. The fourth-order valence-electron chi connectivity index (χ4n) is 2.95. The van der Waals surface area contributed by atoms with Crippen molar-refractivity contribution < 1.29 is 14.3 Å². The lowest BCUT2D eigenvalue weighted by molar-refractivity contribution is 0.0663. The minimum absolute atomic E-state index is 0.101. The quantitative estimate of drug-likeness (QED) is 0.913. The average Bonchev–Trinajstić information content (AvgIpc) is 2.98. The number of oxazole rings is 1. The molecule has 1 saturated carbocycles. The highest BCUT2D eigenvalue weighted by molar-refractivity contribution is 5.91. The number of rotatable bonds is 3. The van der Waals surface area contributed by atoms with Gasteiger partial charge in [0.25, 0.3) is 0 Å². The van der Waals surface area contributed by atoms with Crippen LogP contribution in [-0.4, -0.2) is 16.1 Å². The second kappa shape index (κ2) is 5.49. The molecule has 1 N–H and O–H groups in total. The summed E-state index contributed by atoms with van der Waals surface area (Å²) in [7, 11) is 0. The maximum atomic E-state index is 11.0. The molecule has 104 valence electrons. The molecule has 0 radical (unpaired) electrons. The SMILES string of the molecule is O=C(O)c1ocnc1-c1ccc(C2CCCCC2)cc1. The molecule has 1 fully saturated rings. The Morgan fingerprint density at radius 2 is 1.85 bits per heavy atom. The van der Waals surface area contributed by atoms with Gasteiger partial charge in [-0.25, -0.2) is 9.78 Å². The number of hydrogen-bond acceptors (Lipinski definition) is 3. The molecule has 1 aliphatic carbocycles. The van der Waals surface area contributed by atoms with E-state index in [-0.39, 0.29) is 5.76 Å². The molecule has 0 spiro atoms. The van der Waals surface area contributed by atoms with Crippen molar-refractivity contribution in [3.63, 3.8) is 0 Å². The molecule has 1 aromatic carbocycles. The first-order valence-electron chi connectivity index (χ1n) is 7.03. The Bertz CT molecular complexity index is 594. The van der Waals surface area contributed by atoms with E-state index in [2.05, 4.69) is 17.1 Å². The Morgan fingerprint density at radius 3 is 2.50 bits per heavy atom. The molecular formula is C16H17NO3. The third-order valence-electron chi connectivity index (χ3n) is 4.02. The van der Waals surface area contributed by atoms with Crippen molar-refractivity contribution in [1.29, 1.82) is 0 Å². The van der Waals surface area contributed by atoms with Crippen LogP contribution in [0.4, 0.5) is 0 Å². The van der Waals surface area contributed by atoms with Crippen molar-refractivity contribution in [3.05, 3.63) is 42.0 Å². The molecule has 0 saturated heterocycles. The van der Waals surface area contributed by atoms with Gasteiger partial charge in [-0.1, -0.05) is 43.5 Å². The van der Waals surface area contributed by atoms with E-state index >= 15 is 0 Å². The van der Waals surface area contributed by atoms with Gasteiger partial charge in [0.1, 0.15) is 5.69 Å². The van der Waals surface area contributed by atoms with Crippen molar-refractivity contribution in [2.45, 2.75) is 38.0 Å². The molecule has 4 nitrogen and oxygen atoms in total. The van der Waals surface area contributed by atoms with E-state index in [1.807, 2.05) is 12.1 Å². The summed E-state index contributed by atoms with van der Waals surface area (Å²) in [6, 6.07) is 8.06. The summed E-state index contributed by atoms with van der Waals surface area (Å²) in [5.41, 5.74) is 2.53. The topological polar surface area (TPSA) is 63.3 Å². The highest BCUT2D eigenvalue weighted by Gasteiger charge is 2.19. The monoisotopic (exact) mass is 271 g/mol. The lowest BCUT2D eigenvalue weighted by Crippen LogP contribution is -2.04. The zero-order valence-corrected chi connectivity index (χ0v) is 11.2. The van der Waals surface area contributed by atoms with Crippen LogP contribution in [0.1, 0.15) is 54.1 Å². The van der Waals surface area contributed by atoms with Gasteiger partial charge in [0.05, 0.1) is 0 Å². The van der Waals surface area contributed by atoms with Crippen LogP contribution < -0.4 is 0 Å². The molecule has 1 heterocycles. The van der Waals surface area contributed by atoms with Crippen molar-refractivity contribution >= 4 is 5.97 Å². The second-order valence-corrected chi connectivity index (χ2v) is 5.29. The van der Waals surface area contributed by atoms with Crippen molar-refractivity contribution in [2.24, 2.45) is 0 Å². The van der Waals surface area contributed by atoms with E-state index in [0.717, 1.165) is 5.56 Å². The zero-order chi connectivity index (χ0) is 13.9. The summed E-state index contributed by atoms with van der Waals surface area (Å²) in [4.78, 5) is 15.0. The molecule has 0 bridgehead atoms. The van der Waals surface area contributed by atoms with Crippen molar-refractivity contribution in [1.82, 2.24) is 4.98 Å². The van der Waals surface area contributed by atoms with E-state index in [9.17, 15) is 4.79 Å². The Balaban J connectivity index is 1.85. The maximum Gasteiger partial charge on any atom is 0.374 e. The molecule has 0 unspecified atom stereocenters. The summed E-state index contributed by atoms with van der Waals surface area (Å²) >= 11 is 0. The van der Waals surface area contributed by atoms with Gasteiger partial charge < -0.3 is 9.52 Å². The van der Waals surface area contributed by atoms with Crippen LogP contribution in [-0.2, 0) is 0 Å². The molecule has 4 heteroatoms. The summed E-state index contributed by atoms with van der Waals surface area (Å²) in [5, 5.41) is 9.04. The highest BCUT2D eigenvalue weighted by atomic mass is 16.4. The van der Waals surface area contributed by atoms with Crippen LogP contribution in [0.2, 0.25) is 0 Å². The first-order chi connectivity index (χ1) is 9.75. The van der Waals surface area contributed by atoms with Crippen LogP contribution in [0.3, 0.4) is 0 Å². The Morgan fingerprint density at radius 1 is 1.15 bits per heavy atom. The number of aromatic nitrogens is 1. The zero-order valence-electron chi connectivity index (χ0n) is 11.2. The van der Waals surface area contributed by atoms with E-state index < -0.39 is 5.97 Å². The number of carbonyl (C=O) groups is 1. The number of carboxylic acids is 1. The van der Waals surface area contributed by atoms with Gasteiger partial charge in [-0.15, -0.1) is 0 Å². The van der Waals surface area contributed by atoms with Crippen LogP contribution in [0, 0.1) is 0 Å². The minimum atomic E-state index is -1.09. The third-order valence-corrected chi connectivity index (χ3v) is 4.02. The molecule has 0 atom stereocenters. The molecule has 3 rings (SSSR count). The third kappa shape index (κ3) is 2.46. The molecule has 0 amide bonds. The van der Waals surface area contributed by atoms with E-state index in [1.54, 1.807) is 0 Å². The number of carboxylic acid groups (broad SMARTS) is 1. The van der Waals surface area contributed by atoms with Crippen molar-refractivity contribution in [3.8, 4) is 11.3 Å². The van der Waals surface area contributed by atoms with Gasteiger partial charge in [0.15, 0.2) is 6.39 Å². The fourth-order valence-corrected chi connectivity index (χ4v) is 2.95. The lowest BCUT2D eigenvalue weighted by atomic mass is 9.84. The fraction of sp³-hybridized carbons (Fsp3) is 0.375. The second-order valence-electron chi connectivity index (χ2n) is 5.29. The van der Waals surface area contributed by atoms with Crippen LogP contribution in [0.5, 0.6) is 0 Å². The largest absolute Gasteiger partial charge is 0.475 e. The average molecular weight is 271 g/mol. The Labute approximate surface area is 117 Å². The molecule has 1 aliphatic rings. The first kappa shape index (κ1) is 12.9. The van der Waals surface area contributed by atoms with Crippen LogP contribution >= 0.6 is 0 Å². The molecular weight excluding hydrogens is 254 g/mol. The summed E-state index contributed by atoms with van der Waals surface area (Å²) in [6.07, 6.45) is 7.63. The van der Waals surface area contributed by atoms with Gasteiger partial charge in [-0.2, -0.15) is 0 Å². The molecule has 1 aromatic heterocycles. The van der Waals surface area contributed by atoms with Crippen LogP contribution in [0.15, 0.2) is 35.1 Å². The van der Waals surface area contributed by atoms with Gasteiger partial charge in [-0.3, -0.25) is 0 Å². The number of hydrogen-bond donors (Lipinski definition) is 1. The van der Waals surface area contributed by atoms with E-state index in [4.69, 9.17) is 9.52 Å². The number of nitrogens with zero attached hydrogens (tertiary/aromatic N) is 1. The highest BCUT2D eigenvalue weighted by Crippen LogP contribution is 2.33. The number of benzene rings is 1. The maximum absolute atomic E-state index is 11.0. The molecule has 20 heavy (non-hydrogen) atoms. The predicted molar refractivity (Wildman–Crippen MR) is 74.7 cm³/mol. The summed E-state index contributed by atoms with van der Waals surface area (Å²) < 4.78 is 4.92. The van der Waals surface area contributed by atoms with Gasteiger partial charge in [0.2, 0.25) is 5.76 Å². The smallest absolute Gasteiger partial charge is 0.374 e. The normalized spacial score (nSPS) is 16.2. The number of aromatic carboxylic acids is 1. The first-order valence-corrected chi connectivity index (χ1v) is 7.03.